The van der Waals surface area contributed by atoms with Gasteiger partial charge in [0.15, 0.2) is 0 Å². The highest BCUT2D eigenvalue weighted by Gasteiger charge is 2.20. The first-order valence-electron chi connectivity index (χ1n) is 7.57. The molecule has 0 radical (unpaired) electrons. The number of sulfonamides is 1. The van der Waals surface area contributed by atoms with Gasteiger partial charge in [-0.2, -0.15) is 0 Å². The molecule has 0 aliphatic rings. The van der Waals surface area contributed by atoms with Crippen LogP contribution in [0, 0.1) is 6.92 Å². The number of pyridine rings is 2. The van der Waals surface area contributed by atoms with E-state index < -0.39 is 28.1 Å². The van der Waals surface area contributed by atoms with Crippen LogP contribution in [0.2, 0.25) is 0 Å². The average molecular weight is 373 g/mol. The van der Waals surface area contributed by atoms with Gasteiger partial charge in [-0.05, 0) is 36.8 Å². The zero-order valence-electron chi connectivity index (χ0n) is 13.7. The molecule has 0 spiro atoms. The first kappa shape index (κ1) is 17.6. The van der Waals surface area contributed by atoms with Crippen LogP contribution in [0.3, 0.4) is 0 Å². The zero-order valence-corrected chi connectivity index (χ0v) is 14.5. The Morgan fingerprint density at radius 3 is 2.77 bits per heavy atom. The molecule has 0 atom stereocenters. The number of anilines is 1. The van der Waals surface area contributed by atoms with E-state index in [0.717, 1.165) is 10.1 Å². The van der Waals surface area contributed by atoms with Gasteiger partial charge in [0.05, 0.1) is 5.52 Å². The van der Waals surface area contributed by atoms with Crippen molar-refractivity contribution in [1.82, 2.24) is 9.55 Å². The SMILES string of the molecule is Cc1cnc2c(S(=O)(=O)Nc3cccn(CC(=O)O)c3=O)cccc2c1. The van der Waals surface area contributed by atoms with Gasteiger partial charge in [0.2, 0.25) is 0 Å². The highest BCUT2D eigenvalue weighted by Crippen LogP contribution is 2.23. The van der Waals surface area contributed by atoms with Crippen LogP contribution in [0.5, 0.6) is 0 Å². The summed E-state index contributed by atoms with van der Waals surface area (Å²) in [5.74, 6) is -1.21. The van der Waals surface area contributed by atoms with E-state index in [4.69, 9.17) is 5.11 Å². The summed E-state index contributed by atoms with van der Waals surface area (Å²) >= 11 is 0. The smallest absolute Gasteiger partial charge is 0.323 e. The van der Waals surface area contributed by atoms with Gasteiger partial charge in [0.1, 0.15) is 17.1 Å². The van der Waals surface area contributed by atoms with Crippen molar-refractivity contribution in [3.8, 4) is 0 Å². The normalized spacial score (nSPS) is 11.4. The van der Waals surface area contributed by atoms with Crippen LogP contribution < -0.4 is 10.3 Å². The van der Waals surface area contributed by atoms with E-state index >= 15 is 0 Å². The molecule has 0 bridgehead atoms. The lowest BCUT2D eigenvalue weighted by Gasteiger charge is -2.11. The average Bonchev–Trinajstić information content (AvgIpc) is 2.57. The fourth-order valence-electron chi connectivity index (χ4n) is 2.54. The summed E-state index contributed by atoms with van der Waals surface area (Å²) in [6, 6.07) is 9.21. The third kappa shape index (κ3) is 3.42. The van der Waals surface area contributed by atoms with Gasteiger partial charge in [-0.1, -0.05) is 12.1 Å². The number of hydrogen-bond acceptors (Lipinski definition) is 5. The highest BCUT2D eigenvalue weighted by molar-refractivity contribution is 7.93. The van der Waals surface area contributed by atoms with Gasteiger partial charge in [-0.15, -0.1) is 0 Å². The predicted octanol–water partition coefficient (Wildman–Crippen LogP) is 1.59. The Bertz CT molecular complexity index is 1170. The highest BCUT2D eigenvalue weighted by atomic mass is 32.2. The maximum atomic E-state index is 12.8. The lowest BCUT2D eigenvalue weighted by Crippen LogP contribution is -2.27. The van der Waals surface area contributed by atoms with E-state index in [2.05, 4.69) is 9.71 Å². The molecule has 2 N–H and O–H groups in total. The number of rotatable bonds is 5. The Balaban J connectivity index is 2.06. The Morgan fingerprint density at radius 2 is 2.04 bits per heavy atom. The Kier molecular flexibility index (Phi) is 4.47. The number of hydrogen-bond donors (Lipinski definition) is 2. The third-order valence-corrected chi connectivity index (χ3v) is 5.07. The molecule has 9 heteroatoms. The van der Waals surface area contributed by atoms with E-state index in [-0.39, 0.29) is 16.1 Å². The number of nitrogens with zero attached hydrogens (tertiary/aromatic N) is 2. The second kappa shape index (κ2) is 6.60. The number of carboxylic acids is 1. The van der Waals surface area contributed by atoms with Crippen molar-refractivity contribution in [1.29, 1.82) is 0 Å². The molecular weight excluding hydrogens is 358 g/mol. The minimum Gasteiger partial charge on any atom is -0.480 e. The summed E-state index contributed by atoms with van der Waals surface area (Å²) in [4.78, 5) is 27.2. The molecule has 1 aromatic carbocycles. The van der Waals surface area contributed by atoms with Crippen LogP contribution in [0.4, 0.5) is 5.69 Å². The Hall–Kier alpha value is -3.20. The van der Waals surface area contributed by atoms with Gasteiger partial charge in [-0.3, -0.25) is 19.3 Å². The van der Waals surface area contributed by atoms with Crippen LogP contribution in [0.1, 0.15) is 5.56 Å². The van der Waals surface area contributed by atoms with Crippen molar-refractivity contribution in [3.05, 3.63) is 64.7 Å². The molecule has 0 unspecified atom stereocenters. The number of benzene rings is 1. The van der Waals surface area contributed by atoms with Gasteiger partial charge in [-0.25, -0.2) is 8.42 Å². The van der Waals surface area contributed by atoms with Crippen molar-refractivity contribution in [3.63, 3.8) is 0 Å². The number of fused-ring (bicyclic) bond motifs is 1. The first-order chi connectivity index (χ1) is 12.3. The van der Waals surface area contributed by atoms with Crippen molar-refractivity contribution in [2.75, 3.05) is 4.72 Å². The van der Waals surface area contributed by atoms with Gasteiger partial charge >= 0.3 is 5.97 Å². The van der Waals surface area contributed by atoms with Crippen molar-refractivity contribution >= 4 is 32.6 Å². The second-order valence-electron chi connectivity index (χ2n) is 5.69. The Morgan fingerprint density at radius 1 is 1.27 bits per heavy atom. The fraction of sp³-hybridized carbons (Fsp3) is 0.118. The molecule has 8 nitrogen and oxygen atoms in total. The Labute approximate surface area is 148 Å². The monoisotopic (exact) mass is 373 g/mol. The van der Waals surface area contributed by atoms with Crippen LogP contribution in [-0.4, -0.2) is 29.0 Å². The number of nitrogens with one attached hydrogen (secondary N) is 1. The summed E-state index contributed by atoms with van der Waals surface area (Å²) in [7, 11) is -4.09. The predicted molar refractivity (Wildman–Crippen MR) is 95.6 cm³/mol. The topological polar surface area (TPSA) is 118 Å². The third-order valence-electron chi connectivity index (χ3n) is 3.67. The summed E-state index contributed by atoms with van der Waals surface area (Å²) in [5, 5.41) is 9.48. The van der Waals surface area contributed by atoms with Crippen molar-refractivity contribution < 1.29 is 18.3 Å². The molecule has 2 heterocycles. The molecular formula is C17H15N3O5S. The summed E-state index contributed by atoms with van der Waals surface area (Å²) in [6.07, 6.45) is 2.83. The molecule has 0 aliphatic heterocycles. The molecule has 2 aromatic heterocycles. The molecule has 0 saturated carbocycles. The molecule has 134 valence electrons. The summed E-state index contributed by atoms with van der Waals surface area (Å²) < 4.78 is 28.7. The van der Waals surface area contributed by atoms with Gasteiger partial charge < -0.3 is 9.67 Å². The molecule has 0 amide bonds. The number of para-hydroxylation sites is 1. The van der Waals surface area contributed by atoms with Gasteiger partial charge in [0, 0.05) is 17.8 Å². The minimum atomic E-state index is -4.09. The largest absolute Gasteiger partial charge is 0.480 e. The minimum absolute atomic E-state index is 0.0666. The fourth-order valence-corrected chi connectivity index (χ4v) is 3.78. The van der Waals surface area contributed by atoms with Crippen LogP contribution in [0.25, 0.3) is 10.9 Å². The van der Waals surface area contributed by atoms with E-state index in [0.29, 0.717) is 5.39 Å². The number of aromatic nitrogens is 2. The quantitative estimate of drug-likeness (QED) is 0.701. The lowest BCUT2D eigenvalue weighted by molar-refractivity contribution is -0.137. The first-order valence-corrected chi connectivity index (χ1v) is 9.06. The van der Waals surface area contributed by atoms with Crippen LogP contribution in [0.15, 0.2) is 58.5 Å². The second-order valence-corrected chi connectivity index (χ2v) is 7.35. The zero-order chi connectivity index (χ0) is 18.9. The number of carbonyl (C=O) groups is 1. The molecule has 3 rings (SSSR count). The van der Waals surface area contributed by atoms with Crippen LogP contribution in [-0.2, 0) is 21.4 Å². The van der Waals surface area contributed by atoms with Crippen molar-refractivity contribution in [2.45, 2.75) is 18.4 Å². The maximum absolute atomic E-state index is 12.8. The summed E-state index contributed by atoms with van der Waals surface area (Å²) in [6.45, 7) is 1.28. The van der Waals surface area contributed by atoms with E-state index in [1.54, 1.807) is 18.3 Å². The van der Waals surface area contributed by atoms with E-state index in [1.165, 1.54) is 24.4 Å². The maximum Gasteiger partial charge on any atom is 0.323 e. The van der Waals surface area contributed by atoms with Gasteiger partial charge in [0.25, 0.3) is 15.6 Å². The number of carboxylic acid groups (broad SMARTS) is 1. The van der Waals surface area contributed by atoms with Crippen molar-refractivity contribution in [2.24, 2.45) is 0 Å². The molecule has 3 aromatic rings. The summed E-state index contributed by atoms with van der Waals surface area (Å²) in [5.41, 5.74) is 0.187. The van der Waals surface area contributed by atoms with E-state index in [1.807, 2.05) is 13.0 Å². The standard InChI is InChI=1S/C17H15N3O5S/c1-11-8-12-4-2-6-14(16(12)18-9-11)26(24,25)19-13-5-3-7-20(17(13)23)10-15(21)22/h2-9,19H,10H2,1H3,(H,21,22). The molecule has 26 heavy (non-hydrogen) atoms. The number of aliphatic carboxylic acids is 1. The lowest BCUT2D eigenvalue weighted by atomic mass is 10.2. The van der Waals surface area contributed by atoms with Crippen LogP contribution >= 0.6 is 0 Å². The number of aryl methyl sites for hydroxylation is 1. The molecule has 0 saturated heterocycles. The molecule has 0 fully saturated rings. The molecule has 0 aliphatic carbocycles. The van der Waals surface area contributed by atoms with E-state index in [9.17, 15) is 18.0 Å².